The maximum absolute atomic E-state index is 5.15. The van der Waals surface area contributed by atoms with Crippen LogP contribution in [0.25, 0.3) is 0 Å². The summed E-state index contributed by atoms with van der Waals surface area (Å²) in [5.41, 5.74) is 0. The summed E-state index contributed by atoms with van der Waals surface area (Å²) in [6.07, 6.45) is 6.05. The molecule has 1 heterocycles. The third-order valence-electron chi connectivity index (χ3n) is 1.73. The molecule has 0 saturated heterocycles. The fraction of sp³-hybridized carbons (Fsp3) is 0.600. The van der Waals surface area contributed by atoms with Crippen molar-refractivity contribution in [3.05, 3.63) is 5.82 Å². The Bertz CT molecular complexity index is 330. The maximum Gasteiger partial charge on any atom is 0.170 e. The summed E-state index contributed by atoms with van der Waals surface area (Å²) in [7, 11) is 0. The molecule has 0 radical (unpaired) electrons. The molecule has 1 unspecified atom stereocenters. The lowest BCUT2D eigenvalue weighted by Crippen LogP contribution is -2.22. The second-order valence-corrected chi connectivity index (χ2v) is 5.53. The minimum absolute atomic E-state index is 0.469. The van der Waals surface area contributed by atoms with Crippen LogP contribution in [0.2, 0.25) is 0 Å². The van der Waals surface area contributed by atoms with Crippen molar-refractivity contribution in [2.75, 3.05) is 13.1 Å². The van der Waals surface area contributed by atoms with Gasteiger partial charge in [-0.05, 0) is 11.5 Å². The third kappa shape index (κ3) is 4.65. The first-order valence-corrected chi connectivity index (χ1v) is 6.55. The fourth-order valence-electron chi connectivity index (χ4n) is 0.991. The zero-order valence-electron chi connectivity index (χ0n) is 8.99. The van der Waals surface area contributed by atoms with Gasteiger partial charge < -0.3 is 5.32 Å². The van der Waals surface area contributed by atoms with Crippen molar-refractivity contribution < 1.29 is 0 Å². The van der Waals surface area contributed by atoms with E-state index >= 15 is 0 Å². The molecule has 3 nitrogen and oxygen atoms in total. The van der Waals surface area contributed by atoms with Crippen LogP contribution in [0.5, 0.6) is 0 Å². The minimum Gasteiger partial charge on any atom is -0.305 e. The monoisotopic (exact) mass is 241 g/mol. The summed E-state index contributed by atoms with van der Waals surface area (Å²) in [6.45, 7) is 5.74. The van der Waals surface area contributed by atoms with E-state index in [1.807, 2.05) is 0 Å². The SMILES string of the molecule is C#CCNCC(C)Sc1nc(CC)ns1. The topological polar surface area (TPSA) is 37.8 Å². The number of terminal acetylenes is 1. The zero-order valence-corrected chi connectivity index (χ0v) is 10.6. The Kier molecular flexibility index (Phi) is 5.69. The summed E-state index contributed by atoms with van der Waals surface area (Å²) in [5.74, 6) is 3.49. The second kappa shape index (κ2) is 6.83. The lowest BCUT2D eigenvalue weighted by atomic mass is 10.4. The van der Waals surface area contributed by atoms with E-state index in [0.29, 0.717) is 11.8 Å². The molecule has 1 aromatic heterocycles. The second-order valence-electron chi connectivity index (χ2n) is 3.09. The lowest BCUT2D eigenvalue weighted by Gasteiger charge is -2.07. The van der Waals surface area contributed by atoms with Crippen molar-refractivity contribution in [3.63, 3.8) is 0 Å². The van der Waals surface area contributed by atoms with Gasteiger partial charge in [-0.1, -0.05) is 31.5 Å². The predicted octanol–water partition coefficient (Wildman–Crippen LogP) is 1.80. The van der Waals surface area contributed by atoms with Crippen LogP contribution in [0.3, 0.4) is 0 Å². The number of aryl methyl sites for hydroxylation is 1. The summed E-state index contributed by atoms with van der Waals surface area (Å²) in [5, 5.41) is 3.64. The quantitative estimate of drug-likeness (QED) is 0.468. The summed E-state index contributed by atoms with van der Waals surface area (Å²) < 4.78 is 5.28. The van der Waals surface area contributed by atoms with E-state index in [1.54, 1.807) is 11.8 Å². The van der Waals surface area contributed by atoms with Gasteiger partial charge in [0.2, 0.25) is 0 Å². The largest absolute Gasteiger partial charge is 0.305 e. The molecule has 0 spiro atoms. The molecule has 5 heteroatoms. The van der Waals surface area contributed by atoms with Gasteiger partial charge in [-0.15, -0.1) is 6.42 Å². The van der Waals surface area contributed by atoms with Crippen LogP contribution < -0.4 is 5.32 Å². The van der Waals surface area contributed by atoms with E-state index in [1.165, 1.54) is 11.5 Å². The Balaban J connectivity index is 2.31. The first-order chi connectivity index (χ1) is 7.26. The highest BCUT2D eigenvalue weighted by atomic mass is 32.2. The van der Waals surface area contributed by atoms with Crippen molar-refractivity contribution >= 4 is 23.3 Å². The van der Waals surface area contributed by atoms with Crippen LogP contribution in [0.15, 0.2) is 4.34 Å². The molecule has 0 aliphatic carbocycles. The highest BCUT2D eigenvalue weighted by Gasteiger charge is 2.08. The smallest absolute Gasteiger partial charge is 0.170 e. The van der Waals surface area contributed by atoms with E-state index in [-0.39, 0.29) is 0 Å². The number of rotatable bonds is 6. The van der Waals surface area contributed by atoms with Crippen molar-refractivity contribution in [2.24, 2.45) is 0 Å². The van der Waals surface area contributed by atoms with Gasteiger partial charge in [-0.3, -0.25) is 0 Å². The van der Waals surface area contributed by atoms with Crippen LogP contribution in [0, 0.1) is 12.3 Å². The molecule has 1 atom stereocenters. The summed E-state index contributed by atoms with van der Waals surface area (Å²) in [4.78, 5) is 4.40. The standard InChI is InChI=1S/C10H15N3S2/c1-4-6-11-7-8(3)14-10-12-9(5-2)13-15-10/h1,8,11H,5-7H2,2-3H3. The van der Waals surface area contributed by atoms with Gasteiger partial charge in [-0.25, -0.2) is 4.98 Å². The first kappa shape index (κ1) is 12.5. The molecule has 1 N–H and O–H groups in total. The van der Waals surface area contributed by atoms with Crippen LogP contribution in [-0.2, 0) is 6.42 Å². The number of hydrogen-bond acceptors (Lipinski definition) is 5. The number of nitrogens with zero attached hydrogens (tertiary/aromatic N) is 2. The molecule has 0 amide bonds. The van der Waals surface area contributed by atoms with E-state index < -0.39 is 0 Å². The van der Waals surface area contributed by atoms with Gasteiger partial charge in [0.05, 0.1) is 6.54 Å². The zero-order chi connectivity index (χ0) is 11.1. The van der Waals surface area contributed by atoms with Crippen molar-refractivity contribution in [2.45, 2.75) is 29.9 Å². The molecule has 1 rings (SSSR count). The Morgan fingerprint density at radius 3 is 3.07 bits per heavy atom. The molecule has 0 aliphatic heterocycles. The van der Waals surface area contributed by atoms with E-state index in [4.69, 9.17) is 6.42 Å². The minimum atomic E-state index is 0.469. The van der Waals surface area contributed by atoms with Gasteiger partial charge in [0.15, 0.2) is 4.34 Å². The number of aromatic nitrogens is 2. The molecule has 0 aromatic carbocycles. The molecular weight excluding hydrogens is 226 g/mol. The molecule has 0 bridgehead atoms. The molecule has 15 heavy (non-hydrogen) atoms. The van der Waals surface area contributed by atoms with Crippen molar-refractivity contribution in [1.29, 1.82) is 0 Å². The Hall–Kier alpha value is -0.570. The molecule has 1 aromatic rings. The Labute approximate surface area is 99.2 Å². The molecule has 82 valence electrons. The summed E-state index contributed by atoms with van der Waals surface area (Å²) >= 11 is 3.22. The van der Waals surface area contributed by atoms with E-state index in [2.05, 4.69) is 34.4 Å². The van der Waals surface area contributed by atoms with Crippen LogP contribution in [0.4, 0.5) is 0 Å². The lowest BCUT2D eigenvalue weighted by molar-refractivity contribution is 0.748. The van der Waals surface area contributed by atoms with E-state index in [0.717, 1.165) is 23.1 Å². The normalized spacial score (nSPS) is 12.3. The number of thioether (sulfide) groups is 1. The van der Waals surface area contributed by atoms with Crippen LogP contribution in [0.1, 0.15) is 19.7 Å². The first-order valence-electron chi connectivity index (χ1n) is 4.89. The Morgan fingerprint density at radius 2 is 2.47 bits per heavy atom. The average molecular weight is 241 g/mol. The van der Waals surface area contributed by atoms with E-state index in [9.17, 15) is 0 Å². The maximum atomic E-state index is 5.15. The highest BCUT2D eigenvalue weighted by Crippen LogP contribution is 2.24. The van der Waals surface area contributed by atoms with Crippen molar-refractivity contribution in [3.8, 4) is 12.3 Å². The van der Waals surface area contributed by atoms with Crippen molar-refractivity contribution in [1.82, 2.24) is 14.7 Å². The molecule has 0 aliphatic rings. The average Bonchev–Trinajstić information content (AvgIpc) is 2.66. The molecule has 0 saturated carbocycles. The van der Waals surface area contributed by atoms with Crippen LogP contribution >= 0.6 is 23.3 Å². The third-order valence-corrected chi connectivity index (χ3v) is 3.65. The van der Waals surface area contributed by atoms with Gasteiger partial charge in [-0.2, -0.15) is 4.37 Å². The molecule has 0 fully saturated rings. The predicted molar refractivity (Wildman–Crippen MR) is 66.3 cm³/mol. The Morgan fingerprint density at radius 1 is 1.67 bits per heavy atom. The highest BCUT2D eigenvalue weighted by molar-refractivity contribution is 8.01. The van der Waals surface area contributed by atoms with Gasteiger partial charge in [0.25, 0.3) is 0 Å². The van der Waals surface area contributed by atoms with Gasteiger partial charge in [0.1, 0.15) is 5.82 Å². The number of nitrogens with one attached hydrogen (secondary N) is 1. The van der Waals surface area contributed by atoms with Gasteiger partial charge in [0, 0.05) is 18.2 Å². The van der Waals surface area contributed by atoms with Crippen LogP contribution in [-0.4, -0.2) is 27.7 Å². The number of hydrogen-bond donors (Lipinski definition) is 1. The van der Waals surface area contributed by atoms with Gasteiger partial charge >= 0.3 is 0 Å². The summed E-state index contributed by atoms with van der Waals surface area (Å²) in [6, 6.07) is 0. The fourth-order valence-corrected chi connectivity index (χ4v) is 2.97. The molecular formula is C10H15N3S2.